The first-order valence-corrected chi connectivity index (χ1v) is 9.29. The average Bonchev–Trinajstić information content (AvgIpc) is 3.22. The van der Waals surface area contributed by atoms with Gasteiger partial charge in [0.1, 0.15) is 5.82 Å². The molecule has 1 aliphatic heterocycles. The van der Waals surface area contributed by atoms with E-state index in [4.69, 9.17) is 0 Å². The van der Waals surface area contributed by atoms with Crippen molar-refractivity contribution in [3.05, 3.63) is 67.0 Å². The highest BCUT2D eigenvalue weighted by Crippen LogP contribution is 2.18. The van der Waals surface area contributed by atoms with Gasteiger partial charge in [-0.3, -0.25) is 9.59 Å². The van der Waals surface area contributed by atoms with E-state index in [0.29, 0.717) is 30.4 Å². The third kappa shape index (κ3) is 4.21. The van der Waals surface area contributed by atoms with Crippen LogP contribution in [0.15, 0.2) is 61.4 Å². The van der Waals surface area contributed by atoms with E-state index in [1.54, 1.807) is 23.2 Å². The molecule has 0 bridgehead atoms. The SMILES string of the molecule is C=CC(=O)Nc1ccc(C(=O)N2CCC(Nc3ncc4ccccc4n3)C2)cn1. The van der Waals surface area contributed by atoms with E-state index in [2.05, 4.69) is 32.2 Å². The molecule has 8 nitrogen and oxygen atoms in total. The van der Waals surface area contributed by atoms with Gasteiger partial charge in [-0.2, -0.15) is 0 Å². The molecule has 1 saturated heterocycles. The van der Waals surface area contributed by atoms with Crippen LogP contribution in [0.3, 0.4) is 0 Å². The van der Waals surface area contributed by atoms with Gasteiger partial charge >= 0.3 is 0 Å². The average molecular weight is 388 g/mol. The summed E-state index contributed by atoms with van der Waals surface area (Å²) in [5.41, 5.74) is 1.36. The number of carbonyl (C=O) groups excluding carboxylic acids is 2. The highest BCUT2D eigenvalue weighted by atomic mass is 16.2. The number of carbonyl (C=O) groups is 2. The molecular formula is C21H20N6O2. The summed E-state index contributed by atoms with van der Waals surface area (Å²) in [5, 5.41) is 6.86. The first kappa shape index (κ1) is 18.5. The minimum atomic E-state index is -0.346. The fraction of sp³-hybridized carbons (Fsp3) is 0.190. The molecule has 1 aromatic carbocycles. The summed E-state index contributed by atoms with van der Waals surface area (Å²) in [6, 6.07) is 11.1. The van der Waals surface area contributed by atoms with Crippen LogP contribution < -0.4 is 10.6 Å². The minimum absolute atomic E-state index is 0.0826. The van der Waals surface area contributed by atoms with Crippen LogP contribution in [0.1, 0.15) is 16.8 Å². The summed E-state index contributed by atoms with van der Waals surface area (Å²) in [6.45, 7) is 4.59. The summed E-state index contributed by atoms with van der Waals surface area (Å²) < 4.78 is 0. The number of fused-ring (bicyclic) bond motifs is 1. The van der Waals surface area contributed by atoms with Gasteiger partial charge in [0.2, 0.25) is 11.9 Å². The summed E-state index contributed by atoms with van der Waals surface area (Å²) in [4.78, 5) is 38.8. The Labute approximate surface area is 167 Å². The zero-order valence-corrected chi connectivity index (χ0v) is 15.7. The number of amides is 2. The molecule has 146 valence electrons. The van der Waals surface area contributed by atoms with E-state index < -0.39 is 0 Å². The Morgan fingerprint density at radius 1 is 1.14 bits per heavy atom. The molecule has 2 N–H and O–H groups in total. The van der Waals surface area contributed by atoms with Crippen molar-refractivity contribution in [2.24, 2.45) is 0 Å². The number of hydrogen-bond donors (Lipinski definition) is 2. The maximum atomic E-state index is 12.7. The number of nitrogens with one attached hydrogen (secondary N) is 2. The van der Waals surface area contributed by atoms with E-state index in [-0.39, 0.29) is 17.9 Å². The topological polar surface area (TPSA) is 100 Å². The predicted molar refractivity (Wildman–Crippen MR) is 111 cm³/mol. The van der Waals surface area contributed by atoms with E-state index >= 15 is 0 Å². The van der Waals surface area contributed by atoms with E-state index in [0.717, 1.165) is 23.4 Å². The lowest BCUT2D eigenvalue weighted by atomic mass is 10.2. The van der Waals surface area contributed by atoms with Crippen LogP contribution in [0.4, 0.5) is 11.8 Å². The van der Waals surface area contributed by atoms with Gasteiger partial charge in [-0.05, 0) is 30.7 Å². The van der Waals surface area contributed by atoms with Gasteiger partial charge in [-0.25, -0.2) is 15.0 Å². The van der Waals surface area contributed by atoms with Crippen molar-refractivity contribution in [3.63, 3.8) is 0 Å². The first-order valence-electron chi connectivity index (χ1n) is 9.29. The van der Waals surface area contributed by atoms with Gasteiger partial charge in [0.05, 0.1) is 11.1 Å². The molecule has 8 heteroatoms. The van der Waals surface area contributed by atoms with Crippen LogP contribution in [0.2, 0.25) is 0 Å². The van der Waals surface area contributed by atoms with Gasteiger partial charge in [0, 0.05) is 36.9 Å². The second-order valence-corrected chi connectivity index (χ2v) is 6.76. The monoisotopic (exact) mass is 388 g/mol. The number of para-hydroxylation sites is 1. The number of benzene rings is 1. The molecule has 29 heavy (non-hydrogen) atoms. The Morgan fingerprint density at radius 2 is 2.00 bits per heavy atom. The molecule has 2 aromatic heterocycles. The molecule has 0 spiro atoms. The van der Waals surface area contributed by atoms with Crippen molar-refractivity contribution in [2.75, 3.05) is 23.7 Å². The molecule has 0 radical (unpaired) electrons. The Balaban J connectivity index is 1.37. The zero-order chi connectivity index (χ0) is 20.2. The number of likely N-dealkylation sites (tertiary alicyclic amines) is 1. The van der Waals surface area contributed by atoms with Gasteiger partial charge in [-0.1, -0.05) is 24.8 Å². The largest absolute Gasteiger partial charge is 0.350 e. The third-order valence-electron chi connectivity index (χ3n) is 4.74. The van der Waals surface area contributed by atoms with Crippen LogP contribution in [0.25, 0.3) is 10.9 Å². The summed E-state index contributed by atoms with van der Waals surface area (Å²) >= 11 is 0. The van der Waals surface area contributed by atoms with Crippen LogP contribution in [0.5, 0.6) is 0 Å². The number of nitrogens with zero attached hydrogens (tertiary/aromatic N) is 4. The summed E-state index contributed by atoms with van der Waals surface area (Å²) in [6.07, 6.45) is 5.23. The van der Waals surface area contributed by atoms with Crippen molar-refractivity contribution in [3.8, 4) is 0 Å². The molecule has 2 amide bonds. The second kappa shape index (κ2) is 8.05. The molecule has 1 unspecified atom stereocenters. The number of hydrogen-bond acceptors (Lipinski definition) is 6. The molecule has 0 saturated carbocycles. The molecule has 3 heterocycles. The quantitative estimate of drug-likeness (QED) is 0.652. The maximum Gasteiger partial charge on any atom is 0.255 e. The van der Waals surface area contributed by atoms with Crippen molar-refractivity contribution in [2.45, 2.75) is 12.5 Å². The second-order valence-electron chi connectivity index (χ2n) is 6.76. The highest BCUT2D eigenvalue weighted by Gasteiger charge is 2.27. The van der Waals surface area contributed by atoms with E-state index in [1.807, 2.05) is 24.3 Å². The smallest absolute Gasteiger partial charge is 0.255 e. The summed E-state index contributed by atoms with van der Waals surface area (Å²) in [7, 11) is 0. The van der Waals surface area contributed by atoms with E-state index in [9.17, 15) is 9.59 Å². The van der Waals surface area contributed by atoms with Gasteiger partial charge in [0.25, 0.3) is 5.91 Å². The highest BCUT2D eigenvalue weighted by molar-refractivity contribution is 5.99. The normalized spacial score (nSPS) is 15.9. The predicted octanol–water partition coefficient (Wildman–Crippen LogP) is 2.48. The number of rotatable bonds is 5. The summed E-state index contributed by atoms with van der Waals surface area (Å²) in [5.74, 6) is 0.497. The molecule has 0 aliphatic carbocycles. The standard InChI is InChI=1S/C21H20N6O2/c1-2-19(28)26-18-8-7-15(12-22-18)20(29)27-10-9-16(13-27)24-21-23-11-14-5-3-4-6-17(14)25-21/h2-8,11-12,16H,1,9-10,13H2,(H,22,26,28)(H,23,24,25). The first-order chi connectivity index (χ1) is 14.1. The van der Waals surface area contributed by atoms with E-state index in [1.165, 1.54) is 6.20 Å². The number of pyridine rings is 1. The van der Waals surface area contributed by atoms with Crippen LogP contribution >= 0.6 is 0 Å². The molecular weight excluding hydrogens is 368 g/mol. The van der Waals surface area contributed by atoms with Gasteiger partial charge in [-0.15, -0.1) is 0 Å². The van der Waals surface area contributed by atoms with Crippen LogP contribution in [0, 0.1) is 0 Å². The minimum Gasteiger partial charge on any atom is -0.350 e. The molecule has 4 rings (SSSR count). The van der Waals surface area contributed by atoms with Gasteiger partial charge < -0.3 is 15.5 Å². The van der Waals surface area contributed by atoms with Crippen molar-refractivity contribution < 1.29 is 9.59 Å². The maximum absolute atomic E-state index is 12.7. The Morgan fingerprint density at radius 3 is 2.79 bits per heavy atom. The molecule has 1 fully saturated rings. The third-order valence-corrected chi connectivity index (χ3v) is 4.74. The molecule has 1 aliphatic rings. The lowest BCUT2D eigenvalue weighted by Gasteiger charge is -2.17. The molecule has 3 aromatic rings. The Kier molecular flexibility index (Phi) is 5.15. The number of anilines is 2. The Hall–Kier alpha value is -3.81. The molecule has 1 atom stereocenters. The van der Waals surface area contributed by atoms with Crippen molar-refractivity contribution in [1.82, 2.24) is 19.9 Å². The zero-order valence-electron chi connectivity index (χ0n) is 15.7. The van der Waals surface area contributed by atoms with Crippen LogP contribution in [-0.4, -0.2) is 50.8 Å². The van der Waals surface area contributed by atoms with Crippen molar-refractivity contribution >= 4 is 34.5 Å². The fourth-order valence-corrected chi connectivity index (χ4v) is 3.24. The Bertz CT molecular complexity index is 1070. The fourth-order valence-electron chi connectivity index (χ4n) is 3.24. The van der Waals surface area contributed by atoms with Crippen molar-refractivity contribution in [1.29, 1.82) is 0 Å². The van der Waals surface area contributed by atoms with Crippen LogP contribution in [-0.2, 0) is 4.79 Å². The lowest BCUT2D eigenvalue weighted by molar-refractivity contribution is -0.111. The number of aromatic nitrogens is 3. The lowest BCUT2D eigenvalue weighted by Crippen LogP contribution is -2.32. The van der Waals surface area contributed by atoms with Gasteiger partial charge in [0.15, 0.2) is 0 Å².